The Morgan fingerprint density at radius 1 is 1.10 bits per heavy atom. The monoisotopic (exact) mass is 450 g/mol. The van der Waals surface area contributed by atoms with Crippen LogP contribution in [0.15, 0.2) is 42.5 Å². The third-order valence-corrected chi connectivity index (χ3v) is 5.84. The third-order valence-electron chi connectivity index (χ3n) is 4.60. The van der Waals surface area contributed by atoms with Gasteiger partial charge in [-0.2, -0.15) is 0 Å². The molecule has 31 heavy (non-hydrogen) atoms. The number of nitrogens with zero attached hydrogens (tertiary/aromatic N) is 1. The molecule has 1 N–H and O–H groups in total. The minimum absolute atomic E-state index is 0.216. The number of anilines is 1. The number of carbonyl (C=O) groups is 1. The van der Waals surface area contributed by atoms with Gasteiger partial charge >= 0.3 is 0 Å². The number of hydrogen-bond acceptors (Lipinski definition) is 7. The summed E-state index contributed by atoms with van der Waals surface area (Å²) < 4.78 is 47.6. The van der Waals surface area contributed by atoms with Gasteiger partial charge in [0.1, 0.15) is 37.4 Å². The van der Waals surface area contributed by atoms with Gasteiger partial charge in [0, 0.05) is 6.07 Å². The smallest absolute Gasteiger partial charge is 0.243 e. The Bertz CT molecular complexity index is 1010. The molecular formula is C21H26N2O7S. The molecule has 9 nitrogen and oxygen atoms in total. The predicted molar refractivity (Wildman–Crippen MR) is 116 cm³/mol. The summed E-state index contributed by atoms with van der Waals surface area (Å²) in [7, 11) is -2.16. The lowest BCUT2D eigenvalue weighted by Gasteiger charge is -2.29. The van der Waals surface area contributed by atoms with Gasteiger partial charge in [-0.1, -0.05) is 0 Å². The number of rotatable bonds is 9. The summed E-state index contributed by atoms with van der Waals surface area (Å²) in [5.74, 6) is 1.89. The Morgan fingerprint density at radius 3 is 2.39 bits per heavy atom. The van der Waals surface area contributed by atoms with Crippen molar-refractivity contribution in [3.63, 3.8) is 0 Å². The Morgan fingerprint density at radius 2 is 1.74 bits per heavy atom. The number of ether oxygens (including phenoxy) is 4. The first kappa shape index (κ1) is 22.5. The van der Waals surface area contributed by atoms with E-state index in [2.05, 4.69) is 5.32 Å². The van der Waals surface area contributed by atoms with Crippen LogP contribution in [0.2, 0.25) is 0 Å². The summed E-state index contributed by atoms with van der Waals surface area (Å²) in [5.41, 5.74) is 0.323. The van der Waals surface area contributed by atoms with Crippen LogP contribution in [0.25, 0.3) is 0 Å². The standard InChI is InChI=1S/C21H26N2O7S/c1-15(21(24)22-10-11-28-18-7-5-17(27-2)6-8-18)23(31(3,25)26)16-4-9-19-20(14-16)30-13-12-29-19/h4-9,14-15H,10-13H2,1-3H3,(H,22,24). The Labute approximate surface area is 181 Å². The van der Waals surface area contributed by atoms with Gasteiger partial charge in [0.15, 0.2) is 11.5 Å². The molecule has 1 atom stereocenters. The fraction of sp³-hybridized carbons (Fsp3) is 0.381. The number of fused-ring (bicyclic) bond motifs is 1. The number of amides is 1. The molecule has 1 amide bonds. The van der Waals surface area contributed by atoms with Gasteiger partial charge in [-0.25, -0.2) is 8.42 Å². The largest absolute Gasteiger partial charge is 0.497 e. The van der Waals surface area contributed by atoms with Gasteiger partial charge in [0.25, 0.3) is 0 Å². The first-order valence-corrected chi connectivity index (χ1v) is 11.6. The maximum atomic E-state index is 12.6. The van der Waals surface area contributed by atoms with Crippen molar-refractivity contribution >= 4 is 21.6 Å². The molecule has 0 saturated heterocycles. The zero-order valence-electron chi connectivity index (χ0n) is 17.7. The second kappa shape index (κ2) is 9.78. The van der Waals surface area contributed by atoms with Crippen LogP contribution in [0, 0.1) is 0 Å². The summed E-state index contributed by atoms with van der Waals surface area (Å²) in [6, 6.07) is 10.9. The Hall–Kier alpha value is -3.14. The molecule has 0 aromatic heterocycles. The second-order valence-electron chi connectivity index (χ2n) is 6.88. The normalized spacial score (nSPS) is 13.8. The van der Waals surface area contributed by atoms with Gasteiger partial charge < -0.3 is 24.3 Å². The van der Waals surface area contributed by atoms with E-state index in [0.717, 1.165) is 16.3 Å². The molecule has 0 saturated carbocycles. The van der Waals surface area contributed by atoms with Crippen molar-refractivity contribution < 1.29 is 32.2 Å². The van der Waals surface area contributed by atoms with Crippen molar-refractivity contribution in [2.24, 2.45) is 0 Å². The molecule has 0 aliphatic carbocycles. The van der Waals surface area contributed by atoms with E-state index in [4.69, 9.17) is 18.9 Å². The van der Waals surface area contributed by atoms with Gasteiger partial charge in [-0.3, -0.25) is 9.10 Å². The predicted octanol–water partition coefficient (Wildman–Crippen LogP) is 1.82. The number of nitrogens with one attached hydrogen (secondary N) is 1. The molecular weight excluding hydrogens is 424 g/mol. The van der Waals surface area contributed by atoms with Gasteiger partial charge in [0.05, 0.1) is 25.6 Å². The summed E-state index contributed by atoms with van der Waals surface area (Å²) in [6.07, 6.45) is 1.06. The highest BCUT2D eigenvalue weighted by molar-refractivity contribution is 7.92. The van der Waals surface area contributed by atoms with Crippen LogP contribution in [-0.4, -0.2) is 60.1 Å². The lowest BCUT2D eigenvalue weighted by Crippen LogP contribution is -2.48. The molecule has 1 unspecified atom stereocenters. The van der Waals surface area contributed by atoms with Crippen LogP contribution in [0.5, 0.6) is 23.0 Å². The quantitative estimate of drug-likeness (QED) is 0.581. The first-order chi connectivity index (χ1) is 14.8. The van der Waals surface area contributed by atoms with Crippen LogP contribution in [0.3, 0.4) is 0 Å². The molecule has 1 aliphatic rings. The lowest BCUT2D eigenvalue weighted by atomic mass is 10.2. The zero-order chi connectivity index (χ0) is 22.4. The highest BCUT2D eigenvalue weighted by Crippen LogP contribution is 2.35. The number of methoxy groups -OCH3 is 1. The molecule has 1 heterocycles. The number of benzene rings is 2. The minimum Gasteiger partial charge on any atom is -0.497 e. The van der Waals surface area contributed by atoms with E-state index >= 15 is 0 Å². The van der Waals surface area contributed by atoms with Crippen molar-refractivity contribution in [2.45, 2.75) is 13.0 Å². The van der Waals surface area contributed by atoms with E-state index in [1.807, 2.05) is 0 Å². The molecule has 2 aromatic rings. The van der Waals surface area contributed by atoms with E-state index in [-0.39, 0.29) is 13.2 Å². The molecule has 0 bridgehead atoms. The topological polar surface area (TPSA) is 103 Å². The number of hydrogen-bond donors (Lipinski definition) is 1. The van der Waals surface area contributed by atoms with E-state index in [1.54, 1.807) is 49.6 Å². The van der Waals surface area contributed by atoms with E-state index in [1.165, 1.54) is 6.92 Å². The van der Waals surface area contributed by atoms with Crippen molar-refractivity contribution in [1.82, 2.24) is 5.32 Å². The zero-order valence-corrected chi connectivity index (χ0v) is 18.5. The molecule has 1 aliphatic heterocycles. The third kappa shape index (κ3) is 5.72. The van der Waals surface area contributed by atoms with Crippen LogP contribution in [-0.2, 0) is 14.8 Å². The van der Waals surface area contributed by atoms with Gasteiger partial charge in [0.2, 0.25) is 15.9 Å². The van der Waals surface area contributed by atoms with Crippen LogP contribution in [0.1, 0.15) is 6.92 Å². The van der Waals surface area contributed by atoms with Crippen molar-refractivity contribution in [3.05, 3.63) is 42.5 Å². The highest BCUT2D eigenvalue weighted by atomic mass is 32.2. The molecule has 0 spiro atoms. The molecule has 10 heteroatoms. The molecule has 2 aromatic carbocycles. The highest BCUT2D eigenvalue weighted by Gasteiger charge is 2.30. The first-order valence-electron chi connectivity index (χ1n) is 9.73. The SMILES string of the molecule is COc1ccc(OCCNC(=O)C(C)N(c2ccc3c(c2)OCCO3)S(C)(=O)=O)cc1. The van der Waals surface area contributed by atoms with Crippen LogP contribution in [0.4, 0.5) is 5.69 Å². The van der Waals surface area contributed by atoms with Crippen LogP contribution >= 0.6 is 0 Å². The average Bonchev–Trinajstić information content (AvgIpc) is 2.76. The summed E-state index contributed by atoms with van der Waals surface area (Å²) in [4.78, 5) is 12.6. The summed E-state index contributed by atoms with van der Waals surface area (Å²) in [5, 5.41) is 2.71. The fourth-order valence-corrected chi connectivity index (χ4v) is 4.31. The van der Waals surface area contributed by atoms with Crippen molar-refractivity contribution in [3.8, 4) is 23.0 Å². The van der Waals surface area contributed by atoms with Crippen molar-refractivity contribution in [2.75, 3.05) is 44.0 Å². The average molecular weight is 451 g/mol. The molecule has 0 fully saturated rings. The fourth-order valence-electron chi connectivity index (χ4n) is 3.14. The van der Waals surface area contributed by atoms with Gasteiger partial charge in [-0.15, -0.1) is 0 Å². The second-order valence-corrected chi connectivity index (χ2v) is 8.74. The van der Waals surface area contributed by atoms with Crippen molar-refractivity contribution in [1.29, 1.82) is 0 Å². The van der Waals surface area contributed by atoms with Gasteiger partial charge in [-0.05, 0) is 43.3 Å². The number of carbonyl (C=O) groups excluding carboxylic acids is 1. The molecule has 3 rings (SSSR count). The molecule has 0 radical (unpaired) electrons. The number of sulfonamides is 1. The maximum Gasteiger partial charge on any atom is 0.243 e. The van der Waals surface area contributed by atoms with E-state index < -0.39 is 22.0 Å². The lowest BCUT2D eigenvalue weighted by molar-refractivity contribution is -0.121. The van der Waals surface area contributed by atoms with E-state index in [0.29, 0.717) is 36.1 Å². The maximum absolute atomic E-state index is 12.6. The van der Waals surface area contributed by atoms with Crippen LogP contribution < -0.4 is 28.6 Å². The summed E-state index contributed by atoms with van der Waals surface area (Å²) >= 11 is 0. The minimum atomic E-state index is -3.74. The Balaban J connectivity index is 1.61. The Kier molecular flexibility index (Phi) is 7.11. The summed E-state index contributed by atoms with van der Waals surface area (Å²) in [6.45, 7) is 2.78. The molecule has 168 valence electrons. The van der Waals surface area contributed by atoms with E-state index in [9.17, 15) is 13.2 Å².